The van der Waals surface area contributed by atoms with Crippen molar-refractivity contribution >= 4 is 28.3 Å². The molecule has 8 nitrogen and oxygen atoms in total. The molecular formula is C34H31ClF4N2O6. The van der Waals surface area contributed by atoms with E-state index in [1.807, 2.05) is 0 Å². The third-order valence-electron chi connectivity index (χ3n) is 7.78. The number of morpholine rings is 1. The zero-order chi connectivity index (χ0) is 33.0. The van der Waals surface area contributed by atoms with E-state index in [-0.39, 0.29) is 29.9 Å². The van der Waals surface area contributed by atoms with E-state index in [0.29, 0.717) is 53.5 Å². The quantitative estimate of drug-likeness (QED) is 0.124. The molecule has 3 heterocycles. The van der Waals surface area contributed by atoms with Crippen LogP contribution in [-0.2, 0) is 28.5 Å². The summed E-state index contributed by atoms with van der Waals surface area (Å²) in [4.78, 5) is 19.5. The molecule has 3 aromatic carbocycles. The highest BCUT2D eigenvalue weighted by Crippen LogP contribution is 2.48. The summed E-state index contributed by atoms with van der Waals surface area (Å²) >= 11 is 5.67. The van der Waals surface area contributed by atoms with Crippen LogP contribution >= 0.6 is 11.6 Å². The Kier molecular flexibility index (Phi) is 10.00. The summed E-state index contributed by atoms with van der Waals surface area (Å²) < 4.78 is 84.3. The molecule has 0 radical (unpaired) electrons. The number of rotatable bonds is 11. The van der Waals surface area contributed by atoms with E-state index in [1.54, 1.807) is 12.1 Å². The van der Waals surface area contributed by atoms with E-state index < -0.39 is 28.4 Å². The number of carbonyl (C=O) groups is 1. The Morgan fingerprint density at radius 2 is 1.62 bits per heavy atom. The van der Waals surface area contributed by atoms with Crippen molar-refractivity contribution < 1.29 is 46.0 Å². The lowest BCUT2D eigenvalue weighted by molar-refractivity contribution is -0.137. The minimum absolute atomic E-state index is 0.102. The lowest BCUT2D eigenvalue weighted by Crippen LogP contribution is -2.37. The van der Waals surface area contributed by atoms with Crippen molar-refractivity contribution in [2.45, 2.75) is 25.4 Å². The first-order valence-electron chi connectivity index (χ1n) is 15.1. The first-order chi connectivity index (χ1) is 22.7. The Balaban J connectivity index is 1.15. The average Bonchev–Trinajstić information content (AvgIpc) is 3.05. The van der Waals surface area contributed by atoms with Crippen LogP contribution in [0.25, 0.3) is 10.9 Å². The maximum absolute atomic E-state index is 15.3. The number of carbonyl (C=O) groups excluding carboxylic acids is 1. The maximum Gasteiger partial charge on any atom is 0.417 e. The van der Waals surface area contributed by atoms with Gasteiger partial charge in [0.15, 0.2) is 23.1 Å². The van der Waals surface area contributed by atoms with Crippen molar-refractivity contribution in [2.75, 3.05) is 52.7 Å². The van der Waals surface area contributed by atoms with Crippen LogP contribution in [0.1, 0.15) is 23.1 Å². The largest absolute Gasteiger partial charge is 0.489 e. The van der Waals surface area contributed by atoms with Gasteiger partial charge in [-0.1, -0.05) is 23.7 Å². The van der Waals surface area contributed by atoms with Gasteiger partial charge >= 0.3 is 6.18 Å². The molecule has 1 saturated heterocycles. The number of halogens is 5. The Morgan fingerprint density at radius 1 is 0.894 bits per heavy atom. The van der Waals surface area contributed by atoms with Crippen molar-refractivity contribution in [1.82, 2.24) is 9.88 Å². The maximum atomic E-state index is 15.3. The van der Waals surface area contributed by atoms with E-state index in [2.05, 4.69) is 9.88 Å². The first-order valence-corrected chi connectivity index (χ1v) is 15.5. The molecule has 2 aliphatic heterocycles. The Labute approximate surface area is 273 Å². The van der Waals surface area contributed by atoms with Gasteiger partial charge < -0.3 is 23.7 Å². The number of hydrogen-bond donors (Lipinski definition) is 0. The topological polar surface area (TPSA) is 79.4 Å². The molecule has 47 heavy (non-hydrogen) atoms. The summed E-state index contributed by atoms with van der Waals surface area (Å²) in [5.41, 5.74) is -0.00250. The fourth-order valence-electron chi connectivity index (χ4n) is 5.53. The summed E-state index contributed by atoms with van der Waals surface area (Å²) in [5.74, 6) is 0.363. The summed E-state index contributed by atoms with van der Waals surface area (Å²) in [6, 6.07) is 10.7. The van der Waals surface area contributed by atoms with Crippen LogP contribution in [-0.4, -0.2) is 68.3 Å². The summed E-state index contributed by atoms with van der Waals surface area (Å²) in [7, 11) is 0. The van der Waals surface area contributed by atoms with E-state index in [4.69, 9.17) is 35.3 Å². The molecule has 1 aromatic heterocycles. The second-order valence-electron chi connectivity index (χ2n) is 11.2. The van der Waals surface area contributed by atoms with Gasteiger partial charge in [-0.2, -0.15) is 13.2 Å². The second-order valence-corrected chi connectivity index (χ2v) is 11.6. The minimum atomic E-state index is -4.65. The van der Waals surface area contributed by atoms with Gasteiger partial charge in [0.05, 0.1) is 41.3 Å². The lowest BCUT2D eigenvalue weighted by Gasteiger charge is -2.26. The number of benzene rings is 3. The van der Waals surface area contributed by atoms with Crippen molar-refractivity contribution in [3.8, 4) is 28.7 Å². The van der Waals surface area contributed by atoms with Gasteiger partial charge in [-0.15, -0.1) is 0 Å². The van der Waals surface area contributed by atoms with Crippen LogP contribution in [0.5, 0.6) is 28.7 Å². The Bertz CT molecular complexity index is 1760. The summed E-state index contributed by atoms with van der Waals surface area (Å²) in [6.45, 7) is 5.23. The van der Waals surface area contributed by atoms with Gasteiger partial charge in [0.25, 0.3) is 0 Å². The standard InChI is InChI=1S/C34H31ClF4N2O6/c35-25-4-2-21(18-24(25)34(37,38)39)16-23(42)17-22-3-5-28(26(36)19-22)47-29-6-7-40-27-20-30(32-33(31(27)29)46-15-14-45-32)44-11-1-8-41-9-12-43-13-10-41/h2-7,18-20H,1,8-17H2. The van der Waals surface area contributed by atoms with Gasteiger partial charge in [0.1, 0.15) is 24.7 Å². The number of nitrogens with zero attached hydrogens (tertiary/aromatic N) is 2. The van der Waals surface area contributed by atoms with Crippen LogP contribution in [0.15, 0.2) is 54.7 Å². The van der Waals surface area contributed by atoms with Gasteiger partial charge in [-0.05, 0) is 47.9 Å². The first kappa shape index (κ1) is 32.8. The molecule has 2 aliphatic rings. The fourth-order valence-corrected chi connectivity index (χ4v) is 5.76. The van der Waals surface area contributed by atoms with Crippen molar-refractivity contribution in [3.05, 3.63) is 82.3 Å². The Morgan fingerprint density at radius 3 is 2.36 bits per heavy atom. The van der Waals surface area contributed by atoms with Crippen LogP contribution in [0.4, 0.5) is 17.6 Å². The number of pyridine rings is 1. The van der Waals surface area contributed by atoms with Gasteiger partial charge in [0.2, 0.25) is 5.75 Å². The normalized spacial score (nSPS) is 15.1. The monoisotopic (exact) mass is 674 g/mol. The van der Waals surface area contributed by atoms with Crippen LogP contribution < -0.4 is 18.9 Å². The molecule has 6 rings (SSSR count). The zero-order valence-electron chi connectivity index (χ0n) is 25.2. The number of ketones is 1. The van der Waals surface area contributed by atoms with Crippen LogP contribution in [0.3, 0.4) is 0 Å². The van der Waals surface area contributed by atoms with Gasteiger partial charge in [-0.25, -0.2) is 4.39 Å². The third kappa shape index (κ3) is 7.89. The molecule has 0 atom stereocenters. The number of fused-ring (bicyclic) bond motifs is 3. The highest BCUT2D eigenvalue weighted by Gasteiger charge is 2.33. The summed E-state index contributed by atoms with van der Waals surface area (Å²) in [6.07, 6.45) is -2.76. The van der Waals surface area contributed by atoms with E-state index in [9.17, 15) is 18.0 Å². The molecule has 0 N–H and O–H groups in total. The van der Waals surface area contributed by atoms with Crippen LogP contribution in [0.2, 0.25) is 5.02 Å². The number of ether oxygens (including phenoxy) is 5. The minimum Gasteiger partial charge on any atom is -0.489 e. The Hall–Kier alpha value is -4.13. The molecule has 4 aromatic rings. The number of aromatic nitrogens is 1. The highest BCUT2D eigenvalue weighted by molar-refractivity contribution is 6.31. The van der Waals surface area contributed by atoms with Gasteiger partial charge in [0, 0.05) is 44.7 Å². The number of alkyl halides is 3. The third-order valence-corrected chi connectivity index (χ3v) is 8.11. The van der Waals surface area contributed by atoms with Crippen LogP contribution in [0, 0.1) is 5.82 Å². The molecule has 0 saturated carbocycles. The predicted molar refractivity (Wildman–Crippen MR) is 165 cm³/mol. The molecule has 248 valence electrons. The molecule has 0 amide bonds. The molecule has 0 bridgehead atoms. The smallest absolute Gasteiger partial charge is 0.417 e. The van der Waals surface area contributed by atoms with Crippen molar-refractivity contribution in [3.63, 3.8) is 0 Å². The van der Waals surface area contributed by atoms with Crippen molar-refractivity contribution in [1.29, 1.82) is 0 Å². The molecule has 0 spiro atoms. The molecule has 1 fully saturated rings. The van der Waals surface area contributed by atoms with E-state index in [1.165, 1.54) is 24.4 Å². The zero-order valence-corrected chi connectivity index (χ0v) is 26.0. The molecular weight excluding hydrogens is 644 g/mol. The SMILES string of the molecule is O=C(Cc1ccc(Oc2ccnc3cc(OCCCN4CCOCC4)c4c(c23)OCCO4)c(F)c1)Cc1ccc(Cl)c(C(F)(F)F)c1. The number of Topliss-reactive ketones (excluding diaryl/α,β-unsaturated/α-hetero) is 1. The van der Waals surface area contributed by atoms with E-state index in [0.717, 1.165) is 57.5 Å². The lowest BCUT2D eigenvalue weighted by atomic mass is 10.0. The van der Waals surface area contributed by atoms with Crippen molar-refractivity contribution in [2.24, 2.45) is 0 Å². The summed E-state index contributed by atoms with van der Waals surface area (Å²) in [5, 5.41) is 0.0412. The molecule has 13 heteroatoms. The van der Waals surface area contributed by atoms with E-state index >= 15 is 4.39 Å². The average molecular weight is 675 g/mol. The fraction of sp³-hybridized carbons (Fsp3) is 0.353. The van der Waals surface area contributed by atoms with Gasteiger partial charge in [-0.3, -0.25) is 14.7 Å². The molecule has 0 aliphatic carbocycles. The highest BCUT2D eigenvalue weighted by atomic mass is 35.5. The molecule has 0 unspecified atom stereocenters. The predicted octanol–water partition coefficient (Wildman–Crippen LogP) is 7.07. The number of hydrogen-bond acceptors (Lipinski definition) is 8. The second kappa shape index (κ2) is 14.3.